The molecule has 3 rings (SSSR count). The zero-order valence-corrected chi connectivity index (χ0v) is 27.8. The normalized spacial score (nSPS) is 27.8. The summed E-state index contributed by atoms with van der Waals surface area (Å²) >= 11 is 0. The van der Waals surface area contributed by atoms with Crippen molar-refractivity contribution in [3.05, 3.63) is 42.5 Å². The number of hydrogen-bond donors (Lipinski definition) is 2. The van der Waals surface area contributed by atoms with Gasteiger partial charge in [0.1, 0.15) is 12.4 Å². The average Bonchev–Trinajstić information content (AvgIpc) is 3.16. The van der Waals surface area contributed by atoms with Gasteiger partial charge in [0, 0.05) is 24.9 Å². The molecule has 1 saturated heterocycles. The maximum atomic E-state index is 11.4. The SMILES string of the molecule is CC(C)(C)[Si](C)(C)O[C@@H](CC[C@H]1C(OC2CCCCO2)C[C@H](O)[C@]1(C)CC=CCCCC(=O)O)COc1ccccc1. The molecule has 1 heterocycles. The number of hydrogen-bond acceptors (Lipinski definition) is 6. The van der Waals surface area contributed by atoms with Gasteiger partial charge in [0.15, 0.2) is 14.6 Å². The first-order valence-corrected chi connectivity index (χ1v) is 18.9. The van der Waals surface area contributed by atoms with Crippen molar-refractivity contribution in [1.82, 2.24) is 0 Å². The van der Waals surface area contributed by atoms with E-state index in [1.165, 1.54) is 0 Å². The fourth-order valence-electron chi connectivity index (χ4n) is 5.96. The number of unbranched alkanes of at least 4 members (excludes halogenated alkanes) is 1. The Balaban J connectivity index is 1.77. The summed E-state index contributed by atoms with van der Waals surface area (Å²) in [5.74, 6) is 0.187. The molecular formula is C34H56O7Si. The number of rotatable bonds is 16. The summed E-state index contributed by atoms with van der Waals surface area (Å²) in [5, 5.41) is 20.4. The van der Waals surface area contributed by atoms with E-state index in [4.69, 9.17) is 23.7 Å². The van der Waals surface area contributed by atoms with E-state index in [2.05, 4.69) is 52.9 Å². The first-order chi connectivity index (χ1) is 19.8. The van der Waals surface area contributed by atoms with Crippen molar-refractivity contribution in [2.75, 3.05) is 13.2 Å². The molecule has 0 radical (unpaired) electrons. The molecule has 0 bridgehead atoms. The lowest BCUT2D eigenvalue weighted by Gasteiger charge is -2.41. The van der Waals surface area contributed by atoms with Crippen LogP contribution in [0.25, 0.3) is 0 Å². The minimum atomic E-state index is -2.06. The summed E-state index contributed by atoms with van der Waals surface area (Å²) in [7, 11) is -2.06. The van der Waals surface area contributed by atoms with E-state index in [9.17, 15) is 9.90 Å². The van der Waals surface area contributed by atoms with Crippen molar-refractivity contribution < 1.29 is 33.6 Å². The number of carboxylic acid groups (broad SMARTS) is 1. The number of aliphatic carboxylic acids is 1. The molecule has 1 aliphatic carbocycles. The summed E-state index contributed by atoms with van der Waals surface area (Å²) in [5.41, 5.74) is -0.371. The first-order valence-electron chi connectivity index (χ1n) is 16.0. The highest BCUT2D eigenvalue weighted by Gasteiger charge is 2.52. The van der Waals surface area contributed by atoms with Gasteiger partial charge in [0.2, 0.25) is 0 Å². The van der Waals surface area contributed by atoms with Gasteiger partial charge >= 0.3 is 5.97 Å². The van der Waals surface area contributed by atoms with Crippen molar-refractivity contribution in [2.24, 2.45) is 11.3 Å². The highest BCUT2D eigenvalue weighted by molar-refractivity contribution is 6.74. The molecule has 1 aromatic carbocycles. The van der Waals surface area contributed by atoms with Crippen LogP contribution in [-0.4, -0.2) is 62.3 Å². The Kier molecular flexibility index (Phi) is 13.1. The van der Waals surface area contributed by atoms with Gasteiger partial charge in [-0.25, -0.2) is 0 Å². The molecule has 2 fully saturated rings. The third kappa shape index (κ3) is 10.2. The molecule has 238 valence electrons. The molecule has 2 aliphatic rings. The largest absolute Gasteiger partial charge is 0.491 e. The van der Waals surface area contributed by atoms with Crippen LogP contribution in [0.4, 0.5) is 0 Å². The fraction of sp³-hybridized carbons (Fsp3) is 0.735. The highest BCUT2D eigenvalue weighted by atomic mass is 28.4. The molecule has 0 aromatic heterocycles. The Hall–Kier alpha value is -1.71. The second kappa shape index (κ2) is 15.8. The quantitative estimate of drug-likeness (QED) is 0.113. The van der Waals surface area contributed by atoms with E-state index < -0.39 is 20.4 Å². The molecule has 1 aliphatic heterocycles. The van der Waals surface area contributed by atoms with Crippen LogP contribution < -0.4 is 4.74 Å². The zero-order valence-electron chi connectivity index (χ0n) is 26.8. The standard InChI is InChI=1S/C34H56O7Si/c1-33(2,3)42(5,6)41-27(25-39-26-16-10-9-11-17-26)20-21-28-29(40-32-19-13-15-23-38-32)24-30(35)34(28,4)22-14-8-7-12-18-31(36)37/h8-11,14,16-17,27-30,32,35H,7,12-13,15,18-25H2,1-6H3,(H,36,37)/t27-,28-,29?,30-,32?,34+/m0/s1. The van der Waals surface area contributed by atoms with Gasteiger partial charge in [-0.15, -0.1) is 0 Å². The zero-order chi connectivity index (χ0) is 30.8. The van der Waals surface area contributed by atoms with Crippen LogP contribution in [0.2, 0.25) is 18.1 Å². The van der Waals surface area contributed by atoms with Crippen LogP contribution in [0.15, 0.2) is 42.5 Å². The third-order valence-corrected chi connectivity index (χ3v) is 14.2. The third-order valence-electron chi connectivity index (χ3n) is 9.71. The van der Waals surface area contributed by atoms with E-state index in [1.54, 1.807) is 0 Å². The molecule has 1 aromatic rings. The lowest BCUT2D eigenvalue weighted by Crippen LogP contribution is -2.46. The number of carbonyl (C=O) groups is 1. The lowest BCUT2D eigenvalue weighted by molar-refractivity contribution is -0.198. The van der Waals surface area contributed by atoms with Crippen LogP contribution in [0.5, 0.6) is 5.75 Å². The van der Waals surface area contributed by atoms with Crippen LogP contribution >= 0.6 is 0 Å². The number of allylic oxidation sites excluding steroid dienone is 2. The van der Waals surface area contributed by atoms with Crippen molar-refractivity contribution in [3.63, 3.8) is 0 Å². The van der Waals surface area contributed by atoms with Gasteiger partial charge in [-0.05, 0) is 87.5 Å². The van der Waals surface area contributed by atoms with Gasteiger partial charge in [0.05, 0.1) is 18.3 Å². The second-order valence-electron chi connectivity index (χ2n) is 14.0. The minimum Gasteiger partial charge on any atom is -0.491 e. The second-order valence-corrected chi connectivity index (χ2v) is 18.8. The van der Waals surface area contributed by atoms with E-state index in [0.717, 1.165) is 50.9 Å². The summed E-state index contributed by atoms with van der Waals surface area (Å²) in [6.45, 7) is 14.7. The number of carboxylic acids is 1. The number of ether oxygens (including phenoxy) is 3. The van der Waals surface area contributed by atoms with Crippen molar-refractivity contribution in [1.29, 1.82) is 0 Å². The van der Waals surface area contributed by atoms with Crippen LogP contribution in [0, 0.1) is 11.3 Å². The number of para-hydroxylation sites is 1. The Morgan fingerprint density at radius 2 is 1.93 bits per heavy atom. The predicted molar refractivity (Wildman–Crippen MR) is 169 cm³/mol. The Bertz CT molecular complexity index is 970. The summed E-state index contributed by atoms with van der Waals surface area (Å²) in [4.78, 5) is 10.9. The average molecular weight is 605 g/mol. The molecule has 0 amide bonds. The predicted octanol–water partition coefficient (Wildman–Crippen LogP) is 7.74. The highest BCUT2D eigenvalue weighted by Crippen LogP contribution is 2.50. The van der Waals surface area contributed by atoms with Crippen molar-refractivity contribution in [3.8, 4) is 5.75 Å². The summed E-state index contributed by atoms with van der Waals surface area (Å²) < 4.78 is 25.7. The van der Waals surface area contributed by atoms with E-state index in [1.807, 2.05) is 30.3 Å². The molecule has 6 atom stereocenters. The van der Waals surface area contributed by atoms with Crippen LogP contribution in [0.3, 0.4) is 0 Å². The lowest BCUT2D eigenvalue weighted by atomic mass is 9.72. The monoisotopic (exact) mass is 604 g/mol. The number of aliphatic hydroxyl groups is 1. The van der Waals surface area contributed by atoms with Gasteiger partial charge in [-0.3, -0.25) is 4.79 Å². The number of aliphatic hydroxyl groups excluding tert-OH is 1. The van der Waals surface area contributed by atoms with Crippen molar-refractivity contribution in [2.45, 2.75) is 135 Å². The Morgan fingerprint density at radius 1 is 1.19 bits per heavy atom. The van der Waals surface area contributed by atoms with Crippen molar-refractivity contribution >= 4 is 14.3 Å². The van der Waals surface area contributed by atoms with Crippen LogP contribution in [-0.2, 0) is 18.7 Å². The number of benzene rings is 1. The van der Waals surface area contributed by atoms with Gasteiger partial charge in [0.25, 0.3) is 0 Å². The van der Waals surface area contributed by atoms with Gasteiger partial charge < -0.3 is 28.8 Å². The maximum Gasteiger partial charge on any atom is 0.303 e. The van der Waals surface area contributed by atoms with E-state index in [-0.39, 0.29) is 41.3 Å². The molecule has 8 heteroatoms. The summed E-state index contributed by atoms with van der Waals surface area (Å²) in [6, 6.07) is 9.90. The minimum absolute atomic E-state index is 0.0749. The Labute approximate surface area is 255 Å². The molecule has 7 nitrogen and oxygen atoms in total. The molecule has 2 unspecified atom stereocenters. The Morgan fingerprint density at radius 3 is 2.57 bits per heavy atom. The maximum absolute atomic E-state index is 11.4. The van der Waals surface area contributed by atoms with Crippen LogP contribution in [0.1, 0.15) is 91.9 Å². The fourth-order valence-corrected chi connectivity index (χ4v) is 7.33. The van der Waals surface area contributed by atoms with E-state index >= 15 is 0 Å². The molecule has 2 N–H and O–H groups in total. The van der Waals surface area contributed by atoms with Gasteiger partial charge in [-0.1, -0.05) is 58.0 Å². The molecule has 42 heavy (non-hydrogen) atoms. The first kappa shape index (κ1) is 34.8. The van der Waals surface area contributed by atoms with E-state index in [0.29, 0.717) is 25.9 Å². The molecule has 1 saturated carbocycles. The molecular weight excluding hydrogens is 548 g/mol. The van der Waals surface area contributed by atoms with Gasteiger partial charge in [-0.2, -0.15) is 0 Å². The molecule has 0 spiro atoms. The summed E-state index contributed by atoms with van der Waals surface area (Å²) in [6.07, 6.45) is 10.8. The topological polar surface area (TPSA) is 94.5 Å². The smallest absolute Gasteiger partial charge is 0.303 e.